The molecule has 2 heterocycles. The highest BCUT2D eigenvalue weighted by molar-refractivity contribution is 8.00. The van der Waals surface area contributed by atoms with E-state index in [1.807, 2.05) is 23.9 Å². The molecule has 2 unspecified atom stereocenters. The van der Waals surface area contributed by atoms with E-state index in [0.29, 0.717) is 30.2 Å². The summed E-state index contributed by atoms with van der Waals surface area (Å²) >= 11 is -0.168. The van der Waals surface area contributed by atoms with E-state index in [0.717, 1.165) is 30.6 Å². The number of thioether (sulfide) groups is 1. The standard InChI is InChI=1S/C18H25N3O4S2/c22-14(10-7-12-5-8-13(9-6-12)21-27(24)25)3-1-2-4-16-17-15(11-26-16)19-18(23)20-17/h5-6,8-9,15-17,21H,1-4,7,10-11H2,(H,24,25)(H2,19,20,23)/t15-,16?,17-/m0/s1. The molecular formula is C18H25N3O4S2. The lowest BCUT2D eigenvalue weighted by Gasteiger charge is -2.16. The summed E-state index contributed by atoms with van der Waals surface area (Å²) in [5, 5.41) is 6.39. The molecule has 1 aromatic rings. The molecule has 148 valence electrons. The number of urea groups is 1. The molecule has 1 aromatic carbocycles. The maximum atomic E-state index is 12.1. The van der Waals surface area contributed by atoms with E-state index in [1.54, 1.807) is 12.1 Å². The van der Waals surface area contributed by atoms with E-state index >= 15 is 0 Å². The number of ketones is 1. The minimum Gasteiger partial charge on any atom is -0.332 e. The summed E-state index contributed by atoms with van der Waals surface area (Å²) in [6, 6.07) is 7.63. The van der Waals surface area contributed by atoms with Crippen LogP contribution < -0.4 is 15.4 Å². The number of anilines is 1. The molecular weight excluding hydrogens is 386 g/mol. The zero-order chi connectivity index (χ0) is 19.2. The number of rotatable bonds is 10. The molecule has 4 N–H and O–H groups in total. The van der Waals surface area contributed by atoms with Gasteiger partial charge in [-0.2, -0.15) is 11.8 Å². The van der Waals surface area contributed by atoms with E-state index < -0.39 is 11.3 Å². The molecule has 3 rings (SSSR count). The second-order valence-electron chi connectivity index (χ2n) is 6.95. The molecule has 0 aromatic heterocycles. The van der Waals surface area contributed by atoms with Crippen LogP contribution in [0.2, 0.25) is 0 Å². The number of Topliss-reactive ketones (excluding diaryl/α,β-unsaturated/α-hetero) is 1. The average Bonchev–Trinajstić information content (AvgIpc) is 3.17. The second-order valence-corrected chi connectivity index (χ2v) is 8.93. The Hall–Kier alpha value is -1.58. The molecule has 2 aliphatic heterocycles. The molecule has 2 fully saturated rings. The first kappa shape index (κ1) is 20.2. The number of fused-ring (bicyclic) bond motifs is 1. The number of amides is 2. The Bertz CT molecular complexity index is 698. The first-order valence-electron chi connectivity index (χ1n) is 9.18. The predicted molar refractivity (Wildman–Crippen MR) is 108 cm³/mol. The topological polar surface area (TPSA) is 108 Å². The second kappa shape index (κ2) is 9.57. The zero-order valence-electron chi connectivity index (χ0n) is 15.0. The molecule has 0 aliphatic carbocycles. The Morgan fingerprint density at radius 3 is 2.74 bits per heavy atom. The summed E-state index contributed by atoms with van der Waals surface area (Å²) in [6.07, 6.45) is 4.71. The van der Waals surface area contributed by atoms with Gasteiger partial charge in [0.2, 0.25) is 0 Å². The van der Waals surface area contributed by atoms with Gasteiger partial charge in [0.1, 0.15) is 5.78 Å². The zero-order valence-corrected chi connectivity index (χ0v) is 16.6. The van der Waals surface area contributed by atoms with Crippen molar-refractivity contribution >= 4 is 40.5 Å². The van der Waals surface area contributed by atoms with Crippen molar-refractivity contribution in [2.75, 3.05) is 10.5 Å². The first-order valence-corrected chi connectivity index (χ1v) is 11.3. The fraction of sp³-hybridized carbons (Fsp3) is 0.556. The summed E-state index contributed by atoms with van der Waals surface area (Å²) in [7, 11) is 0. The molecule has 27 heavy (non-hydrogen) atoms. The van der Waals surface area contributed by atoms with Crippen LogP contribution in [0.25, 0.3) is 0 Å². The van der Waals surface area contributed by atoms with Crippen molar-refractivity contribution in [1.82, 2.24) is 10.6 Å². The third-order valence-electron chi connectivity index (χ3n) is 4.98. The smallest absolute Gasteiger partial charge is 0.315 e. The number of carbonyl (C=O) groups excluding carboxylic acids is 2. The summed E-state index contributed by atoms with van der Waals surface area (Å²) in [4.78, 5) is 23.5. The van der Waals surface area contributed by atoms with Crippen molar-refractivity contribution in [3.63, 3.8) is 0 Å². The van der Waals surface area contributed by atoms with Gasteiger partial charge in [0.25, 0.3) is 11.3 Å². The predicted octanol–water partition coefficient (Wildman–Crippen LogP) is 2.46. The molecule has 7 nitrogen and oxygen atoms in total. The Morgan fingerprint density at radius 2 is 2.00 bits per heavy atom. The van der Waals surface area contributed by atoms with E-state index in [1.165, 1.54) is 0 Å². The van der Waals surface area contributed by atoms with Gasteiger partial charge in [-0.05, 0) is 37.0 Å². The normalized spacial score (nSPS) is 24.8. The lowest BCUT2D eigenvalue weighted by Crippen LogP contribution is -2.36. The van der Waals surface area contributed by atoms with Crippen LogP contribution in [0.15, 0.2) is 24.3 Å². The van der Waals surface area contributed by atoms with Crippen molar-refractivity contribution in [2.24, 2.45) is 0 Å². The Balaban J connectivity index is 1.30. The van der Waals surface area contributed by atoms with Gasteiger partial charge in [0, 0.05) is 29.5 Å². The highest BCUT2D eigenvalue weighted by Crippen LogP contribution is 2.33. The van der Waals surface area contributed by atoms with Crippen molar-refractivity contribution < 1.29 is 18.4 Å². The summed E-state index contributed by atoms with van der Waals surface area (Å²) < 4.78 is 21.9. The van der Waals surface area contributed by atoms with Crippen LogP contribution in [0.1, 0.15) is 37.7 Å². The van der Waals surface area contributed by atoms with E-state index in [9.17, 15) is 13.8 Å². The number of hydrogen-bond donors (Lipinski definition) is 4. The summed E-state index contributed by atoms with van der Waals surface area (Å²) in [5.41, 5.74) is 1.61. The number of unbranched alkanes of at least 4 members (excludes halogenated alkanes) is 1. The fourth-order valence-electron chi connectivity index (χ4n) is 3.56. The highest BCUT2D eigenvalue weighted by Gasteiger charge is 2.42. The number of hydrogen-bond acceptors (Lipinski definition) is 4. The summed E-state index contributed by atoms with van der Waals surface area (Å²) in [5.74, 6) is 1.23. The lowest BCUT2D eigenvalue weighted by atomic mass is 10.0. The van der Waals surface area contributed by atoms with E-state index in [2.05, 4.69) is 15.4 Å². The van der Waals surface area contributed by atoms with Crippen LogP contribution in [0.4, 0.5) is 10.5 Å². The van der Waals surface area contributed by atoms with Crippen molar-refractivity contribution in [2.45, 2.75) is 55.9 Å². The molecule has 2 amide bonds. The maximum Gasteiger partial charge on any atom is 0.315 e. The molecule has 4 atom stereocenters. The summed E-state index contributed by atoms with van der Waals surface area (Å²) in [6.45, 7) is 0. The van der Waals surface area contributed by atoms with Gasteiger partial charge in [0.05, 0.1) is 12.1 Å². The average molecular weight is 412 g/mol. The first-order chi connectivity index (χ1) is 13.0. The van der Waals surface area contributed by atoms with Crippen molar-refractivity contribution in [3.8, 4) is 0 Å². The number of aryl methyl sites for hydroxylation is 1. The highest BCUT2D eigenvalue weighted by atomic mass is 32.2. The van der Waals surface area contributed by atoms with Gasteiger partial charge in [-0.15, -0.1) is 0 Å². The van der Waals surface area contributed by atoms with Crippen LogP contribution >= 0.6 is 11.8 Å². The quantitative estimate of drug-likeness (QED) is 0.269. The Morgan fingerprint density at radius 1 is 1.22 bits per heavy atom. The third-order valence-corrected chi connectivity index (χ3v) is 6.90. The Kier molecular flexibility index (Phi) is 7.14. The van der Waals surface area contributed by atoms with Crippen molar-refractivity contribution in [1.29, 1.82) is 0 Å². The number of benzene rings is 1. The molecule has 0 radical (unpaired) electrons. The monoisotopic (exact) mass is 411 g/mol. The van der Waals surface area contributed by atoms with Crippen LogP contribution in [0.3, 0.4) is 0 Å². The van der Waals surface area contributed by atoms with Gasteiger partial charge in [-0.25, -0.2) is 9.00 Å². The minimum atomic E-state index is -2.07. The van der Waals surface area contributed by atoms with Gasteiger partial charge < -0.3 is 10.6 Å². The number of nitrogens with one attached hydrogen (secondary N) is 3. The molecule has 0 saturated carbocycles. The van der Waals surface area contributed by atoms with Crippen LogP contribution in [0.5, 0.6) is 0 Å². The Labute approximate surface area is 165 Å². The van der Waals surface area contributed by atoms with Crippen LogP contribution in [-0.4, -0.2) is 43.7 Å². The lowest BCUT2D eigenvalue weighted by molar-refractivity contribution is -0.119. The minimum absolute atomic E-state index is 0.0566. The van der Waals surface area contributed by atoms with Crippen LogP contribution in [0, 0.1) is 0 Å². The van der Waals surface area contributed by atoms with E-state index in [-0.39, 0.29) is 23.9 Å². The fourth-order valence-corrected chi connectivity index (χ4v) is 5.44. The molecule has 0 spiro atoms. The SMILES string of the molecule is O=C(CCCCC1SC[C@@H]2NC(=O)N[C@H]12)CCc1ccc(NS(=O)O)cc1. The molecule has 0 bridgehead atoms. The molecule has 2 aliphatic rings. The van der Waals surface area contributed by atoms with E-state index in [4.69, 9.17) is 4.55 Å². The van der Waals surface area contributed by atoms with Gasteiger partial charge in [0.15, 0.2) is 0 Å². The molecule has 9 heteroatoms. The largest absolute Gasteiger partial charge is 0.332 e. The molecule has 2 saturated heterocycles. The third kappa shape index (κ3) is 5.95. The van der Waals surface area contributed by atoms with Gasteiger partial charge >= 0.3 is 6.03 Å². The van der Waals surface area contributed by atoms with Crippen molar-refractivity contribution in [3.05, 3.63) is 29.8 Å². The van der Waals surface area contributed by atoms with Crippen LogP contribution in [-0.2, 0) is 22.5 Å². The van der Waals surface area contributed by atoms with Gasteiger partial charge in [-0.3, -0.25) is 14.1 Å². The maximum absolute atomic E-state index is 12.1. The number of carbonyl (C=O) groups is 2. The van der Waals surface area contributed by atoms with Gasteiger partial charge in [-0.1, -0.05) is 18.6 Å².